The molecule has 15 nitrogen and oxygen atoms in total. The minimum atomic E-state index is -1.36. The van der Waals surface area contributed by atoms with Gasteiger partial charge in [0, 0.05) is 36.3 Å². The smallest absolute Gasteiger partial charge is 0.320 e. The van der Waals surface area contributed by atoms with Gasteiger partial charge < -0.3 is 31.8 Å². The number of hydrogen-bond acceptors (Lipinski definition) is 10. The van der Waals surface area contributed by atoms with Crippen LogP contribution in [0, 0.1) is 20.2 Å². The number of nitro groups is 2. The number of benzene rings is 1. The van der Waals surface area contributed by atoms with Crippen LogP contribution in [0.15, 0.2) is 36.7 Å². The summed E-state index contributed by atoms with van der Waals surface area (Å²) >= 11 is 0. The van der Waals surface area contributed by atoms with Crippen molar-refractivity contribution in [1.29, 1.82) is 0 Å². The molecule has 0 saturated heterocycles. The largest absolute Gasteiger partial charge is 0.497 e. The summed E-state index contributed by atoms with van der Waals surface area (Å²) in [5.74, 6) is -3.42. The lowest BCUT2D eigenvalue weighted by Gasteiger charge is -2.07. The molecule has 0 aliphatic heterocycles. The van der Waals surface area contributed by atoms with Gasteiger partial charge in [0.15, 0.2) is 0 Å². The second-order valence-corrected chi connectivity index (χ2v) is 7.01. The normalized spacial score (nSPS) is 11.9. The van der Waals surface area contributed by atoms with Crippen molar-refractivity contribution in [2.45, 2.75) is 24.9 Å². The predicted octanol–water partition coefficient (Wildman–Crippen LogP) is 0.793. The minimum absolute atomic E-state index is 0. The molecule has 188 valence electrons. The first-order valence-electron chi connectivity index (χ1n) is 9.44. The maximum absolute atomic E-state index is 10.6. The van der Waals surface area contributed by atoms with Gasteiger partial charge in [0.25, 0.3) is 5.75 Å². The predicted molar refractivity (Wildman–Crippen MR) is 127 cm³/mol. The number of carboxylic acids is 2. The van der Waals surface area contributed by atoms with E-state index in [4.69, 9.17) is 21.7 Å². The number of nitro benzene ring substituents is 2. The van der Waals surface area contributed by atoms with Gasteiger partial charge in [-0.1, -0.05) is 0 Å². The lowest BCUT2D eigenvalue weighted by atomic mass is 10.0. The van der Waals surface area contributed by atoms with Crippen molar-refractivity contribution >= 4 is 47.8 Å². The van der Waals surface area contributed by atoms with Crippen molar-refractivity contribution in [2.24, 2.45) is 11.5 Å². The van der Waals surface area contributed by atoms with E-state index < -0.39 is 51.0 Å². The standard InChI is InChI=1S/C10H11N3O2.C9H9N3O7.H2S/c11-8(10(14)15)4-6-5-13-9-7(6)2-1-3-12-9;10-5(9(14)15)1-4-2-6(11(16)17)8(13)7(3-4)12(18)19;/h1-3,5,8H,4,11H2,(H,12,13)(H,14,15);2-3,5,13H,1,10H2,(H,14,15);1H2/t;5-;/m.0./s1. The molecule has 8 N–H and O–H groups in total. The molecule has 0 fully saturated rings. The zero-order valence-electron chi connectivity index (χ0n) is 17.8. The first kappa shape index (κ1) is 28.8. The molecule has 2 heterocycles. The number of carbonyl (C=O) groups is 2. The molecule has 0 saturated carbocycles. The Morgan fingerprint density at radius 3 is 2.03 bits per heavy atom. The van der Waals surface area contributed by atoms with Gasteiger partial charge >= 0.3 is 23.3 Å². The van der Waals surface area contributed by atoms with Crippen molar-refractivity contribution in [3.63, 3.8) is 0 Å². The monoisotopic (exact) mass is 510 g/mol. The lowest BCUT2D eigenvalue weighted by Crippen LogP contribution is -2.32. The fourth-order valence-electron chi connectivity index (χ4n) is 2.90. The van der Waals surface area contributed by atoms with E-state index in [0.29, 0.717) is 6.42 Å². The number of aromatic nitrogens is 2. The highest BCUT2D eigenvalue weighted by molar-refractivity contribution is 7.59. The fourth-order valence-corrected chi connectivity index (χ4v) is 2.90. The number of fused-ring (bicyclic) bond motifs is 1. The average Bonchev–Trinajstić information content (AvgIpc) is 3.17. The first-order valence-corrected chi connectivity index (χ1v) is 9.44. The summed E-state index contributed by atoms with van der Waals surface area (Å²) in [6, 6.07) is 3.18. The highest BCUT2D eigenvalue weighted by atomic mass is 32.1. The zero-order valence-corrected chi connectivity index (χ0v) is 18.8. The Hall–Kier alpha value is -4.28. The van der Waals surface area contributed by atoms with Crippen LogP contribution in [0.5, 0.6) is 5.75 Å². The molecule has 3 rings (SSSR count). The van der Waals surface area contributed by atoms with Crippen LogP contribution in [0.1, 0.15) is 11.1 Å². The number of phenols is 1. The summed E-state index contributed by atoms with van der Waals surface area (Å²) in [5, 5.41) is 48.9. The first-order chi connectivity index (χ1) is 15.9. The topological polar surface area (TPSA) is 262 Å². The Morgan fingerprint density at radius 1 is 1.03 bits per heavy atom. The van der Waals surface area contributed by atoms with Gasteiger partial charge in [-0.05, 0) is 29.7 Å². The Bertz CT molecular complexity index is 1210. The number of nitrogens with two attached hydrogens (primary N) is 2. The summed E-state index contributed by atoms with van der Waals surface area (Å²) in [6.45, 7) is 0. The van der Waals surface area contributed by atoms with Crippen LogP contribution in [0.4, 0.5) is 11.4 Å². The van der Waals surface area contributed by atoms with Crippen molar-refractivity contribution < 1.29 is 34.8 Å². The summed E-state index contributed by atoms with van der Waals surface area (Å²) in [6.07, 6.45) is 3.40. The molecule has 0 bridgehead atoms. The van der Waals surface area contributed by atoms with Crippen LogP contribution in [-0.2, 0) is 22.4 Å². The quantitative estimate of drug-likeness (QED) is 0.181. The number of pyridine rings is 1. The number of aliphatic carboxylic acids is 2. The average molecular weight is 510 g/mol. The number of rotatable bonds is 8. The number of hydrogen-bond donors (Lipinski definition) is 6. The summed E-state index contributed by atoms with van der Waals surface area (Å²) in [7, 11) is 0. The van der Waals surface area contributed by atoms with Gasteiger partial charge in [-0.15, -0.1) is 0 Å². The van der Waals surface area contributed by atoms with E-state index >= 15 is 0 Å². The number of nitrogens with zero attached hydrogens (tertiary/aromatic N) is 3. The van der Waals surface area contributed by atoms with Crippen molar-refractivity contribution in [1.82, 2.24) is 9.97 Å². The summed E-state index contributed by atoms with van der Waals surface area (Å²) in [4.78, 5) is 47.5. The van der Waals surface area contributed by atoms with Gasteiger partial charge in [-0.25, -0.2) is 4.98 Å². The van der Waals surface area contributed by atoms with Gasteiger partial charge in [0.1, 0.15) is 17.7 Å². The van der Waals surface area contributed by atoms with E-state index in [9.17, 15) is 34.9 Å². The fraction of sp³-hybridized carbons (Fsp3) is 0.211. The van der Waals surface area contributed by atoms with Crippen LogP contribution in [0.25, 0.3) is 11.0 Å². The molecule has 2 atom stereocenters. The number of aromatic hydroxyl groups is 1. The van der Waals surface area contributed by atoms with E-state index in [1.54, 1.807) is 12.4 Å². The number of carboxylic acid groups (broad SMARTS) is 2. The van der Waals surface area contributed by atoms with E-state index in [-0.39, 0.29) is 25.5 Å². The Kier molecular flexibility index (Phi) is 10.1. The molecule has 16 heteroatoms. The summed E-state index contributed by atoms with van der Waals surface area (Å²) < 4.78 is 0. The van der Waals surface area contributed by atoms with Crippen molar-refractivity contribution in [3.8, 4) is 5.75 Å². The third-order valence-electron chi connectivity index (χ3n) is 4.59. The third kappa shape index (κ3) is 7.36. The zero-order chi connectivity index (χ0) is 25.6. The third-order valence-corrected chi connectivity index (χ3v) is 4.59. The van der Waals surface area contributed by atoms with E-state index in [2.05, 4.69) is 9.97 Å². The van der Waals surface area contributed by atoms with Crippen LogP contribution in [-0.4, -0.2) is 59.2 Å². The molecule has 35 heavy (non-hydrogen) atoms. The van der Waals surface area contributed by atoms with Gasteiger partial charge in [0.05, 0.1) is 9.85 Å². The molecule has 3 aromatic rings. The second kappa shape index (κ2) is 12.3. The van der Waals surface area contributed by atoms with Gasteiger partial charge in [0.2, 0.25) is 0 Å². The highest BCUT2D eigenvalue weighted by Crippen LogP contribution is 2.36. The van der Waals surface area contributed by atoms with Gasteiger partial charge in [-0.2, -0.15) is 13.5 Å². The maximum Gasteiger partial charge on any atom is 0.320 e. The SMILES string of the molecule is NC(Cc1c[nH]c2ncccc12)C(=O)O.N[C@@H](Cc1cc([N+](=O)[O-])c(O)c([N+](=O)[O-])c1)C(=O)O.S. The highest BCUT2D eigenvalue weighted by Gasteiger charge is 2.27. The summed E-state index contributed by atoms with van der Waals surface area (Å²) in [5.41, 5.74) is 10.6. The number of aromatic amines is 1. The molecule has 0 spiro atoms. The molecule has 0 radical (unpaired) electrons. The van der Waals surface area contributed by atoms with Crippen molar-refractivity contribution in [2.75, 3.05) is 0 Å². The van der Waals surface area contributed by atoms with Crippen LogP contribution in [0.2, 0.25) is 0 Å². The molecule has 0 aliphatic rings. The van der Waals surface area contributed by atoms with Crippen LogP contribution in [0.3, 0.4) is 0 Å². The molecule has 2 aromatic heterocycles. The molecule has 0 aliphatic carbocycles. The van der Waals surface area contributed by atoms with Crippen molar-refractivity contribution in [3.05, 3.63) is 68.0 Å². The number of phenolic OH excluding ortho intramolecular Hbond substituents is 1. The van der Waals surface area contributed by atoms with E-state index in [1.807, 2.05) is 12.1 Å². The molecule has 1 unspecified atom stereocenters. The Morgan fingerprint density at radius 2 is 1.54 bits per heavy atom. The number of H-pyrrole nitrogens is 1. The second-order valence-electron chi connectivity index (χ2n) is 7.01. The maximum atomic E-state index is 10.6. The Labute approximate surface area is 203 Å². The number of nitrogens with one attached hydrogen (secondary N) is 1. The minimum Gasteiger partial charge on any atom is -0.497 e. The molecule has 1 aromatic carbocycles. The molecular weight excluding hydrogens is 488 g/mol. The van der Waals surface area contributed by atoms with Crippen LogP contribution >= 0.6 is 13.5 Å². The lowest BCUT2D eigenvalue weighted by molar-refractivity contribution is -0.396. The van der Waals surface area contributed by atoms with E-state index in [0.717, 1.165) is 28.7 Å². The van der Waals surface area contributed by atoms with Gasteiger partial charge in [-0.3, -0.25) is 29.8 Å². The van der Waals surface area contributed by atoms with Crippen LogP contribution < -0.4 is 11.5 Å². The molecule has 0 amide bonds. The Balaban J connectivity index is 0.000000348. The molecular formula is C19H22N6O9S. The van der Waals surface area contributed by atoms with E-state index in [1.165, 1.54) is 0 Å².